The van der Waals surface area contributed by atoms with E-state index >= 15 is 0 Å². The van der Waals surface area contributed by atoms with Crippen molar-refractivity contribution in [3.8, 4) is 11.3 Å². The van der Waals surface area contributed by atoms with Gasteiger partial charge in [0.25, 0.3) is 5.56 Å². The topological polar surface area (TPSA) is 97.4 Å². The van der Waals surface area contributed by atoms with Crippen LogP contribution in [0.4, 0.5) is 11.4 Å². The Morgan fingerprint density at radius 2 is 2.07 bits per heavy atom. The van der Waals surface area contributed by atoms with Crippen molar-refractivity contribution in [3.63, 3.8) is 0 Å². The third-order valence-electron chi connectivity index (χ3n) is 6.87. The number of morpholine rings is 1. The van der Waals surface area contributed by atoms with E-state index in [0.29, 0.717) is 5.56 Å². The molecule has 8 nitrogen and oxygen atoms in total. The first-order valence-corrected chi connectivity index (χ1v) is 10.8. The van der Waals surface area contributed by atoms with Crippen molar-refractivity contribution in [2.45, 2.75) is 45.3 Å². The van der Waals surface area contributed by atoms with E-state index in [9.17, 15) is 4.79 Å². The van der Waals surface area contributed by atoms with Crippen molar-refractivity contribution in [2.24, 2.45) is 11.1 Å². The molecule has 0 spiro atoms. The molecule has 1 saturated heterocycles. The number of ether oxygens (including phenoxy) is 1. The van der Waals surface area contributed by atoms with Crippen LogP contribution in [-0.4, -0.2) is 35.9 Å². The Balaban J connectivity index is 1.58. The van der Waals surface area contributed by atoms with Gasteiger partial charge in [0.2, 0.25) is 0 Å². The molecule has 2 aromatic rings. The molecule has 4 heterocycles. The van der Waals surface area contributed by atoms with Gasteiger partial charge in [-0.05, 0) is 30.4 Å². The van der Waals surface area contributed by atoms with Crippen LogP contribution in [0.2, 0.25) is 0 Å². The smallest absolute Gasteiger partial charge is 0.259 e. The molecule has 2 aromatic heterocycles. The Morgan fingerprint density at radius 3 is 2.73 bits per heavy atom. The molecule has 30 heavy (non-hydrogen) atoms. The molecule has 160 valence electrons. The first-order chi connectivity index (χ1) is 14.5. The highest BCUT2D eigenvalue weighted by Crippen LogP contribution is 2.46. The average molecular weight is 411 g/mol. The number of hydrazine groups is 1. The maximum absolute atomic E-state index is 13.4. The summed E-state index contributed by atoms with van der Waals surface area (Å²) in [4.78, 5) is 20.4. The summed E-state index contributed by atoms with van der Waals surface area (Å²) in [7, 11) is 0. The molecule has 0 bridgehead atoms. The van der Waals surface area contributed by atoms with E-state index in [1.807, 2.05) is 23.0 Å². The van der Waals surface area contributed by atoms with Gasteiger partial charge in [-0.1, -0.05) is 20.3 Å². The minimum Gasteiger partial charge on any atom is -0.378 e. The monoisotopic (exact) mass is 410 g/mol. The van der Waals surface area contributed by atoms with Crippen molar-refractivity contribution in [2.75, 3.05) is 36.6 Å². The van der Waals surface area contributed by atoms with Crippen LogP contribution in [0, 0.1) is 5.41 Å². The van der Waals surface area contributed by atoms with Gasteiger partial charge in [-0.3, -0.25) is 9.78 Å². The lowest BCUT2D eigenvalue weighted by Gasteiger charge is -2.30. The number of nitrogens with one attached hydrogen (secondary N) is 2. The van der Waals surface area contributed by atoms with Crippen LogP contribution in [0.3, 0.4) is 0 Å². The number of nitrogens with zero attached hydrogens (tertiary/aromatic N) is 3. The van der Waals surface area contributed by atoms with E-state index < -0.39 is 6.17 Å². The van der Waals surface area contributed by atoms with Gasteiger partial charge in [0.15, 0.2) is 0 Å². The highest BCUT2D eigenvalue weighted by Gasteiger charge is 2.38. The van der Waals surface area contributed by atoms with E-state index in [2.05, 4.69) is 35.7 Å². The number of hydrogen-bond acceptors (Lipinski definition) is 7. The number of nitrogens with two attached hydrogens (primary N) is 1. The maximum atomic E-state index is 13.4. The molecule has 0 radical (unpaired) electrons. The number of rotatable bonds is 3. The fraction of sp³-hybridized carbons (Fsp3) is 0.545. The standard InChI is InChI=1S/C22H30N6O2/c1-22(2)7-3-4-17(22)28-13-15(19-18(21(28)29)20(23)26-25-19)16-6-5-14(12-24-16)27-8-10-30-11-9-27/h5-6,12-13,17,20,25-26H,3-4,7-11,23H2,1-2H3. The van der Waals surface area contributed by atoms with Crippen LogP contribution < -0.4 is 27.0 Å². The lowest BCUT2D eigenvalue weighted by Crippen LogP contribution is -2.36. The Bertz CT molecular complexity index is 994. The van der Waals surface area contributed by atoms with Gasteiger partial charge >= 0.3 is 0 Å². The number of aromatic nitrogens is 2. The van der Waals surface area contributed by atoms with E-state index in [4.69, 9.17) is 15.5 Å². The normalized spacial score (nSPS) is 25.2. The SMILES string of the molecule is CC1(C)CCCC1n1cc(-c2ccc(N3CCOCC3)cn2)c2c(c1=O)C(N)NN2. The summed E-state index contributed by atoms with van der Waals surface area (Å²) >= 11 is 0. The molecule has 0 amide bonds. The number of pyridine rings is 2. The Morgan fingerprint density at radius 1 is 1.27 bits per heavy atom. The third-order valence-corrected chi connectivity index (χ3v) is 6.87. The minimum absolute atomic E-state index is 0.0105. The van der Waals surface area contributed by atoms with Crippen LogP contribution >= 0.6 is 0 Å². The van der Waals surface area contributed by atoms with Gasteiger partial charge < -0.3 is 25.4 Å². The molecule has 0 aromatic carbocycles. The second-order valence-electron chi connectivity index (χ2n) is 9.19. The first kappa shape index (κ1) is 19.5. The quantitative estimate of drug-likeness (QED) is 0.715. The molecule has 2 fully saturated rings. The predicted molar refractivity (Wildman–Crippen MR) is 117 cm³/mol. The van der Waals surface area contributed by atoms with Crippen molar-refractivity contribution in [1.82, 2.24) is 15.0 Å². The van der Waals surface area contributed by atoms with Crippen LogP contribution in [0.1, 0.15) is 50.9 Å². The second-order valence-corrected chi connectivity index (χ2v) is 9.19. The summed E-state index contributed by atoms with van der Waals surface area (Å²) in [6.07, 6.45) is 6.60. The number of fused-ring (bicyclic) bond motifs is 1. The van der Waals surface area contributed by atoms with Crippen molar-refractivity contribution >= 4 is 11.4 Å². The van der Waals surface area contributed by atoms with Gasteiger partial charge in [0.05, 0.1) is 42.0 Å². The number of anilines is 2. The highest BCUT2D eigenvalue weighted by atomic mass is 16.5. The zero-order chi connectivity index (χ0) is 20.9. The molecule has 2 unspecified atom stereocenters. The number of hydrogen-bond donors (Lipinski definition) is 3. The maximum Gasteiger partial charge on any atom is 0.259 e. The average Bonchev–Trinajstić information content (AvgIpc) is 3.31. The summed E-state index contributed by atoms with van der Waals surface area (Å²) in [6.45, 7) is 7.72. The van der Waals surface area contributed by atoms with Crippen LogP contribution in [0.15, 0.2) is 29.3 Å². The van der Waals surface area contributed by atoms with E-state index in [1.165, 1.54) is 0 Å². The molecule has 8 heteroatoms. The molecule has 4 N–H and O–H groups in total. The van der Waals surface area contributed by atoms with Crippen molar-refractivity contribution in [3.05, 3.63) is 40.4 Å². The summed E-state index contributed by atoms with van der Waals surface area (Å²) in [5.41, 5.74) is 16.6. The van der Waals surface area contributed by atoms with Gasteiger partial charge in [0, 0.05) is 30.9 Å². The highest BCUT2D eigenvalue weighted by molar-refractivity contribution is 5.79. The summed E-state index contributed by atoms with van der Waals surface area (Å²) < 4.78 is 7.35. The summed E-state index contributed by atoms with van der Waals surface area (Å²) in [5, 5.41) is 0. The lowest BCUT2D eigenvalue weighted by atomic mass is 9.87. The molecule has 5 rings (SSSR count). The zero-order valence-electron chi connectivity index (χ0n) is 17.6. The van der Waals surface area contributed by atoms with Gasteiger partial charge in [-0.25, -0.2) is 5.43 Å². The van der Waals surface area contributed by atoms with Crippen LogP contribution in [0.25, 0.3) is 11.3 Å². The molecule has 3 aliphatic rings. The lowest BCUT2D eigenvalue weighted by molar-refractivity contribution is 0.122. The first-order valence-electron chi connectivity index (χ1n) is 10.8. The van der Waals surface area contributed by atoms with E-state index in [1.54, 1.807) is 0 Å². The largest absolute Gasteiger partial charge is 0.378 e. The van der Waals surface area contributed by atoms with E-state index in [0.717, 1.165) is 68.2 Å². The van der Waals surface area contributed by atoms with Crippen molar-refractivity contribution < 1.29 is 4.74 Å². The second kappa shape index (κ2) is 7.37. The van der Waals surface area contributed by atoms with E-state index in [-0.39, 0.29) is 17.0 Å². The predicted octanol–water partition coefficient (Wildman–Crippen LogP) is 2.39. The van der Waals surface area contributed by atoms with Crippen LogP contribution in [-0.2, 0) is 4.74 Å². The molecule has 2 aliphatic heterocycles. The van der Waals surface area contributed by atoms with Gasteiger partial charge in [-0.15, -0.1) is 0 Å². The van der Waals surface area contributed by atoms with Gasteiger partial charge in [-0.2, -0.15) is 0 Å². The van der Waals surface area contributed by atoms with Gasteiger partial charge in [0.1, 0.15) is 6.17 Å². The molecular formula is C22H30N6O2. The van der Waals surface area contributed by atoms with Crippen LogP contribution in [0.5, 0.6) is 0 Å². The van der Waals surface area contributed by atoms with Crippen molar-refractivity contribution in [1.29, 1.82) is 0 Å². The minimum atomic E-state index is -0.532. The molecule has 2 atom stereocenters. The summed E-state index contributed by atoms with van der Waals surface area (Å²) in [6, 6.07) is 4.28. The Labute approximate surface area is 176 Å². The zero-order valence-corrected chi connectivity index (χ0v) is 17.6. The fourth-order valence-electron chi connectivity index (χ4n) is 5.10. The molecule has 1 saturated carbocycles. The fourth-order valence-corrected chi connectivity index (χ4v) is 5.10. The Kier molecular flexibility index (Phi) is 4.80. The third kappa shape index (κ3) is 3.19. The molecule has 1 aliphatic carbocycles. The summed E-state index contributed by atoms with van der Waals surface area (Å²) in [5.74, 6) is 0. The Hall–Kier alpha value is -2.42. The molecular weight excluding hydrogens is 380 g/mol.